The van der Waals surface area contributed by atoms with E-state index < -0.39 is 0 Å². The highest BCUT2D eigenvalue weighted by molar-refractivity contribution is 9.10. The van der Waals surface area contributed by atoms with E-state index in [1.165, 1.54) is 5.56 Å². The van der Waals surface area contributed by atoms with E-state index in [4.69, 9.17) is 0 Å². The first-order chi connectivity index (χ1) is 6.75. The molecule has 0 spiro atoms. The second-order valence-electron chi connectivity index (χ2n) is 3.14. The van der Waals surface area contributed by atoms with Gasteiger partial charge in [-0.2, -0.15) is 0 Å². The Kier molecular flexibility index (Phi) is 2.64. The second-order valence-corrected chi connectivity index (χ2v) is 4.06. The Morgan fingerprint density at radius 1 is 1.21 bits per heavy atom. The van der Waals surface area contributed by atoms with Crippen molar-refractivity contribution < 1.29 is 0 Å². The van der Waals surface area contributed by atoms with Gasteiger partial charge in [-0.05, 0) is 18.2 Å². The van der Waals surface area contributed by atoms with Crippen LogP contribution in [0.15, 0.2) is 41.0 Å². The zero-order chi connectivity index (χ0) is 9.97. The monoisotopic (exact) mass is 246 g/mol. The molecule has 0 bridgehead atoms. The van der Waals surface area contributed by atoms with Crippen molar-refractivity contribution in [3.63, 3.8) is 0 Å². The topological polar surface area (TPSA) is 12.9 Å². The maximum Gasteiger partial charge on any atom is 0.0190 e. The molecule has 1 nitrogen and oxygen atoms in total. The van der Waals surface area contributed by atoms with Crippen LogP contribution < -0.4 is 0 Å². The molecule has 1 aromatic heterocycles. The molecule has 1 aromatic carbocycles. The average Bonchev–Trinajstić information content (AvgIpc) is 2.21. The van der Waals surface area contributed by atoms with Crippen LogP contribution >= 0.6 is 15.9 Å². The summed E-state index contributed by atoms with van der Waals surface area (Å²) in [4.78, 5) is 4.33. The lowest BCUT2D eigenvalue weighted by Gasteiger charge is -2.08. The van der Waals surface area contributed by atoms with Gasteiger partial charge in [-0.3, -0.25) is 0 Å². The highest BCUT2D eigenvalue weighted by Gasteiger charge is 1.90. The maximum atomic E-state index is 4.33. The number of rotatable bonds is 1. The van der Waals surface area contributed by atoms with Crippen LogP contribution in [-0.2, 0) is 0 Å². The fourth-order valence-electron chi connectivity index (χ4n) is 1.19. The van der Waals surface area contributed by atoms with Crippen molar-refractivity contribution in [1.82, 2.24) is 4.98 Å². The van der Waals surface area contributed by atoms with Gasteiger partial charge < -0.3 is 4.98 Å². The van der Waals surface area contributed by atoms with E-state index in [1.807, 2.05) is 37.4 Å². The highest BCUT2D eigenvalue weighted by atomic mass is 79.9. The van der Waals surface area contributed by atoms with Gasteiger partial charge in [0.1, 0.15) is 0 Å². The van der Waals surface area contributed by atoms with Gasteiger partial charge in [0.25, 0.3) is 0 Å². The summed E-state index contributed by atoms with van der Waals surface area (Å²) in [5, 5.41) is 0. The molecule has 2 rings (SSSR count). The van der Waals surface area contributed by atoms with Crippen LogP contribution in [-0.4, -0.2) is 4.98 Å². The molecule has 0 amide bonds. The predicted molar refractivity (Wildman–Crippen MR) is 60.9 cm³/mol. The number of aromatic nitrogens is 1. The Morgan fingerprint density at radius 2 is 2.07 bits per heavy atom. The summed E-state index contributed by atoms with van der Waals surface area (Å²) in [7, 11) is 0. The minimum absolute atomic E-state index is 0.961. The third-order valence-electron chi connectivity index (χ3n) is 1.96. The van der Waals surface area contributed by atoms with Crippen LogP contribution in [0.2, 0.25) is 0 Å². The largest absolute Gasteiger partial charge is 0.304 e. The van der Waals surface area contributed by atoms with E-state index in [1.54, 1.807) is 0 Å². The normalized spacial score (nSPS) is 10.1. The van der Waals surface area contributed by atoms with Crippen LogP contribution in [0.5, 0.6) is 0 Å². The van der Waals surface area contributed by atoms with E-state index >= 15 is 0 Å². The van der Waals surface area contributed by atoms with Crippen LogP contribution in [0, 0.1) is 13.0 Å². The molecule has 0 radical (unpaired) electrons. The van der Waals surface area contributed by atoms with E-state index in [0.29, 0.717) is 0 Å². The summed E-state index contributed by atoms with van der Waals surface area (Å²) < 4.78 is 1.04. The summed E-state index contributed by atoms with van der Waals surface area (Å²) in [6.45, 7) is 2.03. The minimum atomic E-state index is 0.961. The van der Waals surface area contributed by atoms with Gasteiger partial charge in [0.2, 0.25) is 0 Å². The fraction of sp³-hybridized carbons (Fsp3) is 0.0833. The standard InChI is InChI=1S/C12H9BrN/c1-9-2-7-12(14-8-9)10-3-5-11(13)6-4-10/h2-3,5-8H,1H3/q-1. The smallest absolute Gasteiger partial charge is 0.0190 e. The fourth-order valence-corrected chi connectivity index (χ4v) is 1.44. The van der Waals surface area contributed by atoms with Gasteiger partial charge in [0.15, 0.2) is 0 Å². The van der Waals surface area contributed by atoms with E-state index in [-0.39, 0.29) is 0 Å². The van der Waals surface area contributed by atoms with Crippen molar-refractivity contribution in [1.29, 1.82) is 0 Å². The molecular formula is C12H9BrN-. The molecular weight excluding hydrogens is 238 g/mol. The van der Waals surface area contributed by atoms with Crippen LogP contribution in [0.3, 0.4) is 0 Å². The van der Waals surface area contributed by atoms with Gasteiger partial charge >= 0.3 is 0 Å². The van der Waals surface area contributed by atoms with Gasteiger partial charge in [-0.25, -0.2) is 0 Å². The van der Waals surface area contributed by atoms with Gasteiger partial charge in [0.05, 0.1) is 0 Å². The Balaban J connectivity index is 2.40. The molecule has 0 saturated carbocycles. The molecule has 0 aliphatic rings. The molecule has 0 saturated heterocycles. The zero-order valence-corrected chi connectivity index (χ0v) is 9.38. The Bertz CT molecular complexity index is 374. The van der Waals surface area contributed by atoms with Crippen molar-refractivity contribution in [2.45, 2.75) is 6.92 Å². The Morgan fingerprint density at radius 3 is 2.64 bits per heavy atom. The molecule has 1 heterocycles. The van der Waals surface area contributed by atoms with Crippen LogP contribution in [0.25, 0.3) is 11.3 Å². The summed E-state index contributed by atoms with van der Waals surface area (Å²) in [6, 6.07) is 13.1. The van der Waals surface area contributed by atoms with Crippen molar-refractivity contribution in [3.8, 4) is 11.3 Å². The molecule has 2 aromatic rings. The minimum Gasteiger partial charge on any atom is -0.304 e. The Labute approximate surface area is 91.9 Å². The summed E-state index contributed by atoms with van der Waals surface area (Å²) in [5.41, 5.74) is 3.15. The molecule has 2 heteroatoms. The van der Waals surface area contributed by atoms with Crippen molar-refractivity contribution in [2.75, 3.05) is 0 Å². The average molecular weight is 247 g/mol. The summed E-state index contributed by atoms with van der Waals surface area (Å²) in [5.74, 6) is 0. The van der Waals surface area contributed by atoms with Crippen LogP contribution in [0.4, 0.5) is 0 Å². The molecule has 0 aliphatic heterocycles. The zero-order valence-electron chi connectivity index (χ0n) is 7.79. The van der Waals surface area contributed by atoms with Crippen molar-refractivity contribution in [3.05, 3.63) is 52.6 Å². The number of hydrogen-bond donors (Lipinski definition) is 0. The molecule has 0 N–H and O–H groups in total. The van der Waals surface area contributed by atoms with E-state index in [0.717, 1.165) is 15.7 Å². The van der Waals surface area contributed by atoms with E-state index in [2.05, 4.69) is 33.0 Å². The number of nitrogens with zero attached hydrogens (tertiary/aromatic N) is 1. The number of halogens is 1. The predicted octanol–water partition coefficient (Wildman–Crippen LogP) is 3.62. The SMILES string of the molecule is Cc1ccc(-c2[c-]cc(Br)cc2)nc1. The lowest BCUT2D eigenvalue weighted by molar-refractivity contribution is 1.27. The molecule has 0 atom stereocenters. The van der Waals surface area contributed by atoms with Gasteiger partial charge in [0, 0.05) is 6.20 Å². The van der Waals surface area contributed by atoms with Crippen molar-refractivity contribution >= 4 is 15.9 Å². The third-order valence-corrected chi connectivity index (χ3v) is 2.46. The molecule has 0 fully saturated rings. The van der Waals surface area contributed by atoms with Gasteiger partial charge in [-0.15, -0.1) is 45.8 Å². The van der Waals surface area contributed by atoms with Crippen LogP contribution in [0.1, 0.15) is 5.56 Å². The first kappa shape index (κ1) is 9.41. The second kappa shape index (κ2) is 3.93. The molecule has 0 unspecified atom stereocenters. The molecule has 0 aliphatic carbocycles. The number of hydrogen-bond acceptors (Lipinski definition) is 1. The number of pyridine rings is 1. The molecule has 70 valence electrons. The first-order valence-electron chi connectivity index (χ1n) is 4.36. The van der Waals surface area contributed by atoms with Crippen molar-refractivity contribution in [2.24, 2.45) is 0 Å². The third kappa shape index (κ3) is 2.02. The van der Waals surface area contributed by atoms with E-state index in [9.17, 15) is 0 Å². The quantitative estimate of drug-likeness (QED) is 0.701. The lowest BCUT2D eigenvalue weighted by atomic mass is 10.1. The lowest BCUT2D eigenvalue weighted by Crippen LogP contribution is -1.83. The van der Waals surface area contributed by atoms with Gasteiger partial charge in [-0.1, -0.05) is 16.6 Å². The highest BCUT2D eigenvalue weighted by Crippen LogP contribution is 2.18. The molecule has 14 heavy (non-hydrogen) atoms. The summed E-state index contributed by atoms with van der Waals surface area (Å²) >= 11 is 3.38. The Hall–Kier alpha value is -1.15. The first-order valence-corrected chi connectivity index (χ1v) is 5.15. The number of aryl methyl sites for hydroxylation is 1. The maximum absolute atomic E-state index is 4.33. The number of benzene rings is 1. The summed E-state index contributed by atoms with van der Waals surface area (Å²) in [6.07, 6.45) is 1.87.